The number of ether oxygens (including phenoxy) is 1. The number of hydrogen-bond donors (Lipinski definition) is 0. The van der Waals surface area contributed by atoms with Crippen LogP contribution in [0.1, 0.15) is 37.7 Å². The van der Waals surface area contributed by atoms with Gasteiger partial charge in [0, 0.05) is 18.4 Å². The fourth-order valence-corrected chi connectivity index (χ4v) is 6.08. The third kappa shape index (κ3) is 3.99. The number of imide groups is 1. The number of nitrogens with zero attached hydrogens (tertiary/aromatic N) is 2. The van der Waals surface area contributed by atoms with Gasteiger partial charge in [-0.25, -0.2) is 4.90 Å². The van der Waals surface area contributed by atoms with Crippen molar-refractivity contribution in [3.63, 3.8) is 0 Å². The van der Waals surface area contributed by atoms with E-state index in [0.29, 0.717) is 17.0 Å². The Morgan fingerprint density at radius 3 is 2.30 bits per heavy atom. The standard InChI is InChI=1S/C30H28N2O5/c1-18-15-21(13-14-25(18)32-28(34)23-10-4-5-11-24(23)29(32)35)37-30(36)20-16-27(33)31(17-20)26-12-6-8-19-7-2-3-9-22(19)26/h2-3,6-9,12-15,20,23-24H,4-5,10-11,16-17H2,1H3/t20-,23+,24+/m1/s1. The average Bonchev–Trinajstić information content (AvgIpc) is 3.41. The first-order chi connectivity index (χ1) is 17.9. The van der Waals surface area contributed by atoms with Crippen LogP contribution in [0.3, 0.4) is 0 Å². The lowest BCUT2D eigenvalue weighted by Gasteiger charge is -2.19. The Labute approximate surface area is 215 Å². The number of esters is 1. The fraction of sp³-hybridized carbons (Fsp3) is 0.333. The number of carbonyl (C=O) groups excluding carboxylic acids is 4. The van der Waals surface area contributed by atoms with Crippen LogP contribution in [0.25, 0.3) is 10.8 Å². The highest BCUT2D eigenvalue weighted by Gasteiger charge is 2.49. The van der Waals surface area contributed by atoms with Gasteiger partial charge in [-0.2, -0.15) is 0 Å². The molecule has 2 heterocycles. The zero-order valence-electron chi connectivity index (χ0n) is 20.7. The summed E-state index contributed by atoms with van der Waals surface area (Å²) < 4.78 is 5.66. The molecule has 2 saturated heterocycles. The van der Waals surface area contributed by atoms with Crippen LogP contribution in [-0.4, -0.2) is 30.2 Å². The van der Waals surface area contributed by atoms with Crippen LogP contribution >= 0.6 is 0 Å². The van der Waals surface area contributed by atoms with Crippen molar-refractivity contribution in [2.24, 2.45) is 17.8 Å². The predicted octanol–water partition coefficient (Wildman–Crippen LogP) is 4.79. The second-order valence-corrected chi connectivity index (χ2v) is 10.3. The second-order valence-electron chi connectivity index (χ2n) is 10.3. The molecule has 3 fully saturated rings. The largest absolute Gasteiger partial charge is 0.426 e. The molecule has 7 heteroatoms. The zero-order valence-corrected chi connectivity index (χ0v) is 20.7. The average molecular weight is 497 g/mol. The van der Waals surface area contributed by atoms with Crippen molar-refractivity contribution in [1.82, 2.24) is 0 Å². The molecule has 1 saturated carbocycles. The van der Waals surface area contributed by atoms with Gasteiger partial charge in [0.05, 0.1) is 29.1 Å². The number of anilines is 2. The number of amides is 3. The Morgan fingerprint density at radius 1 is 0.865 bits per heavy atom. The van der Waals surface area contributed by atoms with Crippen LogP contribution in [0.2, 0.25) is 0 Å². The highest BCUT2D eigenvalue weighted by molar-refractivity contribution is 6.22. The van der Waals surface area contributed by atoms with Gasteiger partial charge in [-0.05, 0) is 55.0 Å². The molecule has 3 amide bonds. The minimum Gasteiger partial charge on any atom is -0.426 e. The molecule has 3 atom stereocenters. The molecule has 0 spiro atoms. The number of aryl methyl sites for hydroxylation is 1. The van der Waals surface area contributed by atoms with Gasteiger partial charge in [0.2, 0.25) is 17.7 Å². The van der Waals surface area contributed by atoms with E-state index in [4.69, 9.17) is 4.74 Å². The molecule has 7 nitrogen and oxygen atoms in total. The Bertz CT molecular complexity index is 1420. The Kier molecular flexibility index (Phi) is 5.78. The Morgan fingerprint density at radius 2 is 1.57 bits per heavy atom. The van der Waals surface area contributed by atoms with E-state index in [9.17, 15) is 19.2 Å². The summed E-state index contributed by atoms with van der Waals surface area (Å²) in [5, 5.41) is 1.99. The Hall–Kier alpha value is -4.00. The summed E-state index contributed by atoms with van der Waals surface area (Å²) in [6.07, 6.45) is 3.55. The van der Waals surface area contributed by atoms with E-state index in [-0.39, 0.29) is 42.5 Å². The quantitative estimate of drug-likeness (QED) is 0.295. The van der Waals surface area contributed by atoms with E-state index in [1.807, 2.05) is 42.5 Å². The van der Waals surface area contributed by atoms with Crippen LogP contribution in [0.5, 0.6) is 5.75 Å². The molecule has 0 bridgehead atoms. The maximum atomic E-state index is 13.0. The van der Waals surface area contributed by atoms with E-state index in [2.05, 4.69) is 0 Å². The summed E-state index contributed by atoms with van der Waals surface area (Å²) in [6.45, 7) is 2.05. The van der Waals surface area contributed by atoms with Crippen LogP contribution in [0.15, 0.2) is 60.7 Å². The summed E-state index contributed by atoms with van der Waals surface area (Å²) in [7, 11) is 0. The van der Waals surface area contributed by atoms with Crippen LogP contribution in [0.4, 0.5) is 11.4 Å². The van der Waals surface area contributed by atoms with Crippen molar-refractivity contribution >= 4 is 45.8 Å². The van der Waals surface area contributed by atoms with E-state index in [0.717, 1.165) is 42.1 Å². The van der Waals surface area contributed by atoms with E-state index in [1.54, 1.807) is 30.0 Å². The summed E-state index contributed by atoms with van der Waals surface area (Å²) in [4.78, 5) is 54.8. The van der Waals surface area contributed by atoms with Crippen LogP contribution in [0, 0.1) is 24.7 Å². The molecule has 3 aromatic rings. The van der Waals surface area contributed by atoms with Gasteiger partial charge in [0.15, 0.2) is 0 Å². The molecule has 0 N–H and O–H groups in total. The minimum atomic E-state index is -0.587. The van der Waals surface area contributed by atoms with Crippen molar-refractivity contribution in [3.8, 4) is 5.75 Å². The molecule has 37 heavy (non-hydrogen) atoms. The normalized spacial score (nSPS) is 23.6. The Balaban J connectivity index is 1.17. The van der Waals surface area contributed by atoms with Gasteiger partial charge in [-0.3, -0.25) is 19.2 Å². The first-order valence-electron chi connectivity index (χ1n) is 12.9. The third-order valence-corrected chi connectivity index (χ3v) is 7.98. The van der Waals surface area contributed by atoms with Crippen LogP contribution < -0.4 is 14.5 Å². The topological polar surface area (TPSA) is 84.0 Å². The van der Waals surface area contributed by atoms with Gasteiger partial charge in [0.1, 0.15) is 5.75 Å². The predicted molar refractivity (Wildman–Crippen MR) is 139 cm³/mol. The molecule has 3 aliphatic rings. The van der Waals surface area contributed by atoms with Crippen molar-refractivity contribution < 1.29 is 23.9 Å². The molecule has 188 valence electrons. The van der Waals surface area contributed by atoms with Gasteiger partial charge in [-0.15, -0.1) is 0 Å². The number of hydrogen-bond acceptors (Lipinski definition) is 5. The van der Waals surface area contributed by atoms with Gasteiger partial charge in [0.25, 0.3) is 0 Å². The highest BCUT2D eigenvalue weighted by Crippen LogP contribution is 2.41. The second kappa shape index (κ2) is 9.14. The summed E-state index contributed by atoms with van der Waals surface area (Å²) >= 11 is 0. The lowest BCUT2D eigenvalue weighted by atomic mass is 9.81. The van der Waals surface area contributed by atoms with Crippen molar-refractivity contribution in [1.29, 1.82) is 0 Å². The molecule has 0 aromatic heterocycles. The smallest absolute Gasteiger partial charge is 0.316 e. The number of benzene rings is 3. The zero-order chi connectivity index (χ0) is 25.7. The van der Waals surface area contributed by atoms with Crippen molar-refractivity contribution in [2.75, 3.05) is 16.3 Å². The summed E-state index contributed by atoms with van der Waals surface area (Å²) in [5.74, 6) is -1.53. The first kappa shape index (κ1) is 23.4. The molecule has 6 rings (SSSR count). The van der Waals surface area contributed by atoms with Crippen LogP contribution in [-0.2, 0) is 19.2 Å². The molecule has 0 radical (unpaired) electrons. The minimum absolute atomic E-state index is 0.0820. The molecular weight excluding hydrogens is 468 g/mol. The SMILES string of the molecule is Cc1cc(OC(=O)[C@@H]2CC(=O)N(c3cccc4ccccc34)C2)ccc1N1C(=O)[C@H]2CCCC[C@@H]2C1=O. The highest BCUT2D eigenvalue weighted by atomic mass is 16.5. The number of rotatable bonds is 4. The molecule has 2 aliphatic heterocycles. The molecule has 1 aliphatic carbocycles. The molecular formula is C30H28N2O5. The number of fused-ring (bicyclic) bond motifs is 2. The number of carbonyl (C=O) groups is 4. The van der Waals surface area contributed by atoms with E-state index < -0.39 is 11.9 Å². The lowest BCUT2D eigenvalue weighted by molar-refractivity contribution is -0.139. The summed E-state index contributed by atoms with van der Waals surface area (Å²) in [6, 6.07) is 18.6. The summed E-state index contributed by atoms with van der Waals surface area (Å²) in [5.41, 5.74) is 2.02. The van der Waals surface area contributed by atoms with Gasteiger partial charge in [-0.1, -0.05) is 49.2 Å². The molecule has 0 unspecified atom stereocenters. The van der Waals surface area contributed by atoms with Gasteiger partial charge < -0.3 is 9.64 Å². The maximum absolute atomic E-state index is 13.0. The fourth-order valence-electron chi connectivity index (χ4n) is 6.08. The van der Waals surface area contributed by atoms with E-state index >= 15 is 0 Å². The molecule has 3 aromatic carbocycles. The van der Waals surface area contributed by atoms with Crippen molar-refractivity contribution in [3.05, 3.63) is 66.2 Å². The lowest BCUT2D eigenvalue weighted by Crippen LogP contribution is -2.31. The maximum Gasteiger partial charge on any atom is 0.316 e. The monoisotopic (exact) mass is 496 g/mol. The first-order valence-corrected chi connectivity index (χ1v) is 12.9. The third-order valence-electron chi connectivity index (χ3n) is 7.98. The van der Waals surface area contributed by atoms with Crippen molar-refractivity contribution in [2.45, 2.75) is 39.0 Å². The van der Waals surface area contributed by atoms with E-state index in [1.165, 1.54) is 4.90 Å². The van der Waals surface area contributed by atoms with Gasteiger partial charge >= 0.3 is 5.97 Å².